The molecule has 2 rings (SSSR count). The third-order valence-electron chi connectivity index (χ3n) is 3.25. The molecular weight excluding hydrogens is 288 g/mol. The van der Waals surface area contributed by atoms with Gasteiger partial charge in [0.05, 0.1) is 12.1 Å². The standard InChI is InChI=1S/C15H20N2O3S/c1-2-3-4-5-11-20-13-8-9-14(21(16,18)19)15-12(13)7-6-10-17-15/h6-10H,2-5,11H2,1H3,(H2,16,18,19). The first-order chi connectivity index (χ1) is 10.0. The number of nitrogens with zero attached hydrogens (tertiary/aromatic N) is 1. The molecule has 0 spiro atoms. The van der Waals surface area contributed by atoms with Crippen LogP contribution in [0.25, 0.3) is 10.9 Å². The van der Waals surface area contributed by atoms with Crippen LogP contribution in [0.3, 0.4) is 0 Å². The number of fused-ring (bicyclic) bond motifs is 1. The lowest BCUT2D eigenvalue weighted by Crippen LogP contribution is -2.13. The zero-order valence-corrected chi connectivity index (χ0v) is 12.9. The van der Waals surface area contributed by atoms with Crippen LogP contribution in [0.2, 0.25) is 0 Å². The van der Waals surface area contributed by atoms with Crippen LogP contribution in [0.5, 0.6) is 5.75 Å². The summed E-state index contributed by atoms with van der Waals surface area (Å²) >= 11 is 0. The first-order valence-electron chi connectivity index (χ1n) is 7.07. The second-order valence-electron chi connectivity index (χ2n) is 4.92. The molecule has 21 heavy (non-hydrogen) atoms. The van der Waals surface area contributed by atoms with Gasteiger partial charge in [0.25, 0.3) is 0 Å². The third kappa shape index (κ3) is 3.92. The minimum Gasteiger partial charge on any atom is -0.493 e. The van der Waals surface area contributed by atoms with Gasteiger partial charge in [-0.3, -0.25) is 4.98 Å². The van der Waals surface area contributed by atoms with Gasteiger partial charge in [0, 0.05) is 11.6 Å². The Bertz CT molecular complexity index is 714. The summed E-state index contributed by atoms with van der Waals surface area (Å²) in [5.74, 6) is 0.641. The van der Waals surface area contributed by atoms with Gasteiger partial charge in [-0.15, -0.1) is 0 Å². The Morgan fingerprint density at radius 2 is 2.00 bits per heavy atom. The SMILES string of the molecule is CCCCCCOc1ccc(S(N)(=O)=O)c2ncccc12. The molecule has 1 aromatic carbocycles. The summed E-state index contributed by atoms with van der Waals surface area (Å²) in [5, 5.41) is 5.89. The molecule has 2 aromatic rings. The van der Waals surface area contributed by atoms with Crippen molar-refractivity contribution in [1.82, 2.24) is 4.98 Å². The summed E-state index contributed by atoms with van der Waals surface area (Å²) in [6.45, 7) is 2.77. The van der Waals surface area contributed by atoms with Gasteiger partial charge in [0.2, 0.25) is 10.0 Å². The van der Waals surface area contributed by atoms with E-state index in [0.29, 0.717) is 23.3 Å². The lowest BCUT2D eigenvalue weighted by atomic mass is 10.2. The fourth-order valence-electron chi connectivity index (χ4n) is 2.19. The number of ether oxygens (including phenoxy) is 1. The first-order valence-corrected chi connectivity index (χ1v) is 8.62. The van der Waals surface area contributed by atoms with Crippen LogP contribution in [-0.4, -0.2) is 20.0 Å². The summed E-state index contributed by atoms with van der Waals surface area (Å²) in [6, 6.07) is 6.63. The van der Waals surface area contributed by atoms with Crippen molar-refractivity contribution in [3.63, 3.8) is 0 Å². The van der Waals surface area contributed by atoms with Crippen molar-refractivity contribution in [2.24, 2.45) is 5.14 Å². The van der Waals surface area contributed by atoms with Crippen LogP contribution in [-0.2, 0) is 10.0 Å². The molecule has 0 saturated carbocycles. The van der Waals surface area contributed by atoms with Crippen LogP contribution in [0.1, 0.15) is 32.6 Å². The molecule has 0 fully saturated rings. The minimum absolute atomic E-state index is 0.0245. The van der Waals surface area contributed by atoms with E-state index >= 15 is 0 Å². The molecule has 0 unspecified atom stereocenters. The Morgan fingerprint density at radius 3 is 2.71 bits per heavy atom. The van der Waals surface area contributed by atoms with E-state index in [-0.39, 0.29) is 4.90 Å². The summed E-state index contributed by atoms with van der Waals surface area (Å²) in [5.41, 5.74) is 0.353. The normalized spacial score (nSPS) is 11.7. The minimum atomic E-state index is -3.80. The van der Waals surface area contributed by atoms with Crippen LogP contribution in [0, 0.1) is 0 Å². The first kappa shape index (κ1) is 15.7. The van der Waals surface area contributed by atoms with E-state index in [4.69, 9.17) is 9.88 Å². The molecule has 0 saturated heterocycles. The van der Waals surface area contributed by atoms with Crippen molar-refractivity contribution in [2.75, 3.05) is 6.61 Å². The predicted molar refractivity (Wildman–Crippen MR) is 82.8 cm³/mol. The fraction of sp³-hybridized carbons (Fsp3) is 0.400. The number of benzene rings is 1. The Balaban J connectivity index is 2.26. The molecule has 6 heteroatoms. The number of pyridine rings is 1. The lowest BCUT2D eigenvalue weighted by molar-refractivity contribution is 0.308. The van der Waals surface area contributed by atoms with E-state index in [2.05, 4.69) is 11.9 Å². The molecule has 0 aliphatic carbocycles. The number of unbranched alkanes of at least 4 members (excludes halogenated alkanes) is 3. The molecule has 0 radical (unpaired) electrons. The Kier molecular flexibility index (Phi) is 5.14. The van der Waals surface area contributed by atoms with E-state index in [9.17, 15) is 8.42 Å². The maximum absolute atomic E-state index is 11.6. The zero-order valence-electron chi connectivity index (χ0n) is 12.1. The van der Waals surface area contributed by atoms with Crippen molar-refractivity contribution in [3.05, 3.63) is 30.5 Å². The average molecular weight is 308 g/mol. The number of hydrogen-bond acceptors (Lipinski definition) is 4. The second-order valence-corrected chi connectivity index (χ2v) is 6.45. The zero-order chi connectivity index (χ0) is 15.3. The summed E-state index contributed by atoms with van der Waals surface area (Å²) in [7, 11) is -3.80. The van der Waals surface area contributed by atoms with E-state index in [1.807, 2.05) is 0 Å². The summed E-state index contributed by atoms with van der Waals surface area (Å²) in [4.78, 5) is 4.15. The van der Waals surface area contributed by atoms with Crippen molar-refractivity contribution in [1.29, 1.82) is 0 Å². The molecule has 1 heterocycles. The largest absolute Gasteiger partial charge is 0.493 e. The molecule has 114 valence electrons. The van der Waals surface area contributed by atoms with Crippen LogP contribution >= 0.6 is 0 Å². The number of nitrogens with two attached hydrogens (primary N) is 1. The average Bonchev–Trinajstić information content (AvgIpc) is 2.45. The monoisotopic (exact) mass is 308 g/mol. The molecule has 2 N–H and O–H groups in total. The van der Waals surface area contributed by atoms with Crippen molar-refractivity contribution < 1.29 is 13.2 Å². The summed E-state index contributed by atoms with van der Waals surface area (Å²) in [6.07, 6.45) is 6.02. The molecular formula is C15H20N2O3S. The third-order valence-corrected chi connectivity index (χ3v) is 4.20. The van der Waals surface area contributed by atoms with Crippen molar-refractivity contribution in [3.8, 4) is 5.75 Å². The van der Waals surface area contributed by atoms with Gasteiger partial charge in [-0.25, -0.2) is 13.6 Å². The summed E-state index contributed by atoms with van der Waals surface area (Å²) < 4.78 is 28.9. The van der Waals surface area contributed by atoms with Gasteiger partial charge in [0.1, 0.15) is 10.6 Å². The Hall–Kier alpha value is -1.66. The highest BCUT2D eigenvalue weighted by atomic mass is 32.2. The van der Waals surface area contributed by atoms with Gasteiger partial charge < -0.3 is 4.74 Å². The number of rotatable bonds is 7. The number of aromatic nitrogens is 1. The fourth-order valence-corrected chi connectivity index (χ4v) is 2.88. The van der Waals surface area contributed by atoms with Gasteiger partial charge in [-0.05, 0) is 30.7 Å². The molecule has 0 bridgehead atoms. The molecule has 0 atom stereocenters. The topological polar surface area (TPSA) is 82.3 Å². The number of sulfonamides is 1. The predicted octanol–water partition coefficient (Wildman–Crippen LogP) is 2.84. The van der Waals surface area contributed by atoms with Crippen molar-refractivity contribution >= 4 is 20.9 Å². The van der Waals surface area contributed by atoms with E-state index in [1.165, 1.54) is 18.9 Å². The Morgan fingerprint density at radius 1 is 1.19 bits per heavy atom. The molecule has 0 aliphatic rings. The van der Waals surface area contributed by atoms with Crippen LogP contribution in [0.15, 0.2) is 35.4 Å². The van der Waals surface area contributed by atoms with Gasteiger partial charge in [0.15, 0.2) is 0 Å². The van der Waals surface area contributed by atoms with Gasteiger partial charge in [-0.2, -0.15) is 0 Å². The quantitative estimate of drug-likeness (QED) is 0.797. The maximum Gasteiger partial charge on any atom is 0.240 e. The highest BCUT2D eigenvalue weighted by Gasteiger charge is 2.16. The van der Waals surface area contributed by atoms with Gasteiger partial charge >= 0.3 is 0 Å². The van der Waals surface area contributed by atoms with E-state index in [1.54, 1.807) is 24.4 Å². The smallest absolute Gasteiger partial charge is 0.240 e. The maximum atomic E-state index is 11.6. The highest BCUT2D eigenvalue weighted by Crippen LogP contribution is 2.29. The van der Waals surface area contributed by atoms with Gasteiger partial charge in [-0.1, -0.05) is 26.2 Å². The van der Waals surface area contributed by atoms with Crippen molar-refractivity contribution in [2.45, 2.75) is 37.5 Å². The lowest BCUT2D eigenvalue weighted by Gasteiger charge is -2.11. The molecule has 5 nitrogen and oxygen atoms in total. The molecule has 0 amide bonds. The molecule has 1 aromatic heterocycles. The van der Waals surface area contributed by atoms with E-state index in [0.717, 1.165) is 12.8 Å². The highest BCUT2D eigenvalue weighted by molar-refractivity contribution is 7.89. The number of hydrogen-bond donors (Lipinski definition) is 1. The number of primary sulfonamides is 1. The Labute approximate surface area is 125 Å². The van der Waals surface area contributed by atoms with Crippen LogP contribution in [0.4, 0.5) is 0 Å². The second kappa shape index (κ2) is 6.87. The van der Waals surface area contributed by atoms with Crippen LogP contribution < -0.4 is 9.88 Å². The van der Waals surface area contributed by atoms with E-state index < -0.39 is 10.0 Å². The molecule has 0 aliphatic heterocycles.